The number of aliphatic carboxylic acids is 1. The van der Waals surface area contributed by atoms with Crippen molar-refractivity contribution in [3.05, 3.63) is 0 Å². The van der Waals surface area contributed by atoms with Crippen molar-refractivity contribution in [2.75, 3.05) is 0 Å². The highest BCUT2D eigenvalue weighted by molar-refractivity contribution is 7.97. The summed E-state index contributed by atoms with van der Waals surface area (Å²) in [6, 6.07) is 0. The first kappa shape index (κ1) is 11.0. The lowest BCUT2D eigenvalue weighted by molar-refractivity contribution is -0.140. The molecule has 0 aromatic heterocycles. The third-order valence-electron chi connectivity index (χ3n) is 1.44. The van der Waals surface area contributed by atoms with Crippen molar-refractivity contribution in [2.24, 2.45) is 5.73 Å². The lowest BCUT2D eigenvalue weighted by atomic mass is 10.1. The van der Waals surface area contributed by atoms with E-state index in [1.165, 1.54) is 0 Å². The molecule has 0 amide bonds. The summed E-state index contributed by atoms with van der Waals surface area (Å²) >= 11 is 4.64. The van der Waals surface area contributed by atoms with Crippen molar-refractivity contribution in [1.82, 2.24) is 0 Å². The summed E-state index contributed by atoms with van der Waals surface area (Å²) in [5.41, 5.74) is 5.51. The zero-order valence-electron chi connectivity index (χ0n) is 6.41. The minimum absolute atomic E-state index is 0.318. The van der Waals surface area contributed by atoms with Gasteiger partial charge in [-0.2, -0.15) is 0 Å². The van der Waals surface area contributed by atoms with Gasteiger partial charge in [0, 0.05) is 7.36 Å². The highest BCUT2D eigenvalue weighted by Crippen LogP contribution is 2.23. The van der Waals surface area contributed by atoms with E-state index in [2.05, 4.69) is 11.8 Å². The van der Waals surface area contributed by atoms with E-state index in [1.54, 1.807) is 0 Å². The van der Waals surface area contributed by atoms with Crippen LogP contribution in [0.15, 0.2) is 0 Å². The SMILES string of the molecule is CCCCC(N)(P=S)C(=O)O. The molecule has 64 valence electrons. The maximum atomic E-state index is 10.6. The lowest BCUT2D eigenvalue weighted by Crippen LogP contribution is -2.42. The van der Waals surface area contributed by atoms with Gasteiger partial charge in [0.25, 0.3) is 0 Å². The highest BCUT2D eigenvalue weighted by atomic mass is 32.4. The molecule has 3 nitrogen and oxygen atoms in total. The molecule has 0 aliphatic rings. The topological polar surface area (TPSA) is 63.3 Å². The number of unbranched alkanes of at least 4 members (excludes halogenated alkanes) is 1. The molecular weight excluding hydrogens is 181 g/mol. The van der Waals surface area contributed by atoms with Crippen molar-refractivity contribution >= 4 is 25.1 Å². The Bertz CT molecular complexity index is 165. The van der Waals surface area contributed by atoms with Gasteiger partial charge in [0.05, 0.1) is 0 Å². The maximum absolute atomic E-state index is 10.6. The molecule has 1 unspecified atom stereocenters. The molecule has 0 spiro atoms. The monoisotopic (exact) mass is 193 g/mol. The van der Waals surface area contributed by atoms with Gasteiger partial charge in [-0.3, -0.25) is 0 Å². The minimum Gasteiger partial charge on any atom is -0.479 e. The highest BCUT2D eigenvalue weighted by Gasteiger charge is 2.31. The van der Waals surface area contributed by atoms with E-state index in [0.717, 1.165) is 12.8 Å². The summed E-state index contributed by atoms with van der Waals surface area (Å²) in [5, 5.41) is 7.46. The van der Waals surface area contributed by atoms with Gasteiger partial charge in [-0.05, 0) is 6.42 Å². The normalized spacial score (nSPS) is 16.2. The molecule has 5 heteroatoms. The minimum atomic E-state index is -1.20. The second-order valence-electron chi connectivity index (χ2n) is 2.42. The van der Waals surface area contributed by atoms with E-state index in [1.807, 2.05) is 6.92 Å². The molecule has 3 N–H and O–H groups in total. The van der Waals surface area contributed by atoms with Crippen LogP contribution < -0.4 is 5.73 Å². The fourth-order valence-corrected chi connectivity index (χ4v) is 1.47. The molecule has 0 saturated heterocycles. The molecule has 0 rings (SSSR count). The van der Waals surface area contributed by atoms with Gasteiger partial charge >= 0.3 is 5.97 Å². The second kappa shape index (κ2) is 4.75. The van der Waals surface area contributed by atoms with Gasteiger partial charge in [0.1, 0.15) is 0 Å². The first-order valence-corrected chi connectivity index (χ1v) is 5.34. The van der Waals surface area contributed by atoms with Crippen LogP contribution in [0.5, 0.6) is 0 Å². The number of carboxylic acid groups (broad SMARTS) is 1. The van der Waals surface area contributed by atoms with Crippen LogP contribution in [0.25, 0.3) is 0 Å². The third-order valence-corrected chi connectivity index (χ3v) is 3.16. The fourth-order valence-electron chi connectivity index (χ4n) is 0.638. The predicted molar refractivity (Wildman–Crippen MR) is 48.4 cm³/mol. The molecule has 0 aromatic rings. The molecule has 0 radical (unpaired) electrons. The van der Waals surface area contributed by atoms with E-state index in [9.17, 15) is 4.79 Å². The largest absolute Gasteiger partial charge is 0.479 e. The van der Waals surface area contributed by atoms with Crippen LogP contribution >= 0.6 is 7.36 Å². The first-order valence-electron chi connectivity index (χ1n) is 3.43. The standard InChI is InChI=1S/C6H12NO2PS/c1-2-3-4-6(7,10-11)5(8)9/h2-4,7H2,1H3,(H,8,9). The molecule has 0 saturated carbocycles. The van der Waals surface area contributed by atoms with Crippen molar-refractivity contribution in [3.8, 4) is 0 Å². The summed E-state index contributed by atoms with van der Waals surface area (Å²) in [6.45, 7) is 1.99. The molecule has 11 heavy (non-hydrogen) atoms. The number of carbonyl (C=O) groups is 1. The van der Waals surface area contributed by atoms with Crippen molar-refractivity contribution < 1.29 is 9.90 Å². The zero-order valence-corrected chi connectivity index (χ0v) is 8.12. The Kier molecular flexibility index (Phi) is 4.73. The molecule has 0 heterocycles. The summed E-state index contributed by atoms with van der Waals surface area (Å²) in [4.78, 5) is 10.6. The maximum Gasteiger partial charge on any atom is 0.333 e. The van der Waals surface area contributed by atoms with Gasteiger partial charge < -0.3 is 10.8 Å². The van der Waals surface area contributed by atoms with Gasteiger partial charge in [-0.15, -0.1) is 0 Å². The zero-order chi connectivity index (χ0) is 8.91. The summed E-state index contributed by atoms with van der Waals surface area (Å²) in [6.07, 6.45) is 2.22. The predicted octanol–water partition coefficient (Wildman–Crippen LogP) is 1.32. The smallest absolute Gasteiger partial charge is 0.333 e. The Balaban J connectivity index is 4.10. The van der Waals surface area contributed by atoms with E-state index in [4.69, 9.17) is 10.8 Å². The average Bonchev–Trinajstić information content (AvgIpc) is 2.00. The van der Waals surface area contributed by atoms with Gasteiger partial charge in [-0.25, -0.2) is 4.79 Å². The lowest BCUT2D eigenvalue weighted by Gasteiger charge is -2.17. The molecule has 0 fully saturated rings. The van der Waals surface area contributed by atoms with Crippen LogP contribution in [0.3, 0.4) is 0 Å². The van der Waals surface area contributed by atoms with Crippen molar-refractivity contribution in [1.29, 1.82) is 0 Å². The van der Waals surface area contributed by atoms with Gasteiger partial charge in [0.15, 0.2) is 5.28 Å². The molecular formula is C6H12NO2PS. The molecule has 0 aliphatic heterocycles. The Morgan fingerprint density at radius 1 is 1.82 bits per heavy atom. The molecule has 1 atom stereocenters. The number of nitrogens with two attached hydrogens (primary N) is 1. The number of rotatable bonds is 5. The van der Waals surface area contributed by atoms with Crippen LogP contribution in [-0.2, 0) is 16.6 Å². The summed E-state index contributed by atoms with van der Waals surface area (Å²) in [5.74, 6) is -0.998. The molecule has 0 aromatic carbocycles. The van der Waals surface area contributed by atoms with Crippen molar-refractivity contribution in [2.45, 2.75) is 31.5 Å². The number of hydrogen-bond acceptors (Lipinski definition) is 3. The van der Waals surface area contributed by atoms with Gasteiger partial charge in [0.2, 0.25) is 0 Å². The third kappa shape index (κ3) is 3.23. The summed E-state index contributed by atoms with van der Waals surface area (Å²) in [7, 11) is 0.318. The van der Waals surface area contributed by atoms with Crippen LogP contribution in [0.2, 0.25) is 0 Å². The Morgan fingerprint density at radius 3 is 2.64 bits per heavy atom. The Labute approximate surface area is 72.8 Å². The van der Waals surface area contributed by atoms with E-state index < -0.39 is 11.2 Å². The van der Waals surface area contributed by atoms with Crippen LogP contribution in [0.4, 0.5) is 0 Å². The number of hydrogen-bond donors (Lipinski definition) is 2. The van der Waals surface area contributed by atoms with E-state index in [-0.39, 0.29) is 0 Å². The van der Waals surface area contributed by atoms with E-state index in [0.29, 0.717) is 13.8 Å². The van der Waals surface area contributed by atoms with Crippen LogP contribution in [0.1, 0.15) is 26.2 Å². The fraction of sp³-hybridized carbons (Fsp3) is 0.833. The number of carboxylic acids is 1. The van der Waals surface area contributed by atoms with E-state index >= 15 is 0 Å². The van der Waals surface area contributed by atoms with Crippen LogP contribution in [0, 0.1) is 0 Å². The van der Waals surface area contributed by atoms with Crippen molar-refractivity contribution in [3.63, 3.8) is 0 Å². The van der Waals surface area contributed by atoms with Crippen LogP contribution in [-0.4, -0.2) is 16.4 Å². The Hall–Kier alpha value is -0.0500. The van der Waals surface area contributed by atoms with Gasteiger partial charge in [-0.1, -0.05) is 31.6 Å². The quantitative estimate of drug-likeness (QED) is 0.646. The molecule has 0 bridgehead atoms. The second-order valence-corrected chi connectivity index (χ2v) is 3.95. The average molecular weight is 193 g/mol. The first-order chi connectivity index (χ1) is 5.06. The Morgan fingerprint density at radius 2 is 2.36 bits per heavy atom. The summed E-state index contributed by atoms with van der Waals surface area (Å²) < 4.78 is 0. The molecule has 0 aliphatic carbocycles.